The second-order valence-corrected chi connectivity index (χ2v) is 7.98. The van der Waals surface area contributed by atoms with Crippen LogP contribution in [0.2, 0.25) is 0 Å². The monoisotopic (exact) mass is 371 g/mol. The van der Waals surface area contributed by atoms with E-state index in [4.69, 9.17) is 0 Å². The van der Waals surface area contributed by atoms with Crippen molar-refractivity contribution in [2.45, 2.75) is 23.8 Å². The van der Waals surface area contributed by atoms with Gasteiger partial charge in [-0.15, -0.1) is 10.2 Å². The molecule has 1 aliphatic heterocycles. The molecule has 0 saturated carbocycles. The Morgan fingerprint density at radius 1 is 1.15 bits per heavy atom. The van der Waals surface area contributed by atoms with Crippen molar-refractivity contribution in [1.29, 1.82) is 0 Å². The number of anilines is 1. The topological polar surface area (TPSA) is 96.7 Å². The average molecular weight is 371 g/mol. The number of sulfonamides is 1. The summed E-state index contributed by atoms with van der Waals surface area (Å²) < 4.78 is 28.7. The minimum atomic E-state index is -3.70. The first-order chi connectivity index (χ1) is 12.6. The predicted octanol–water partition coefficient (Wildman–Crippen LogP) is 1.52. The Kier molecular flexibility index (Phi) is 4.17. The fourth-order valence-electron chi connectivity index (χ4n) is 3.14. The van der Waals surface area contributed by atoms with E-state index in [1.54, 1.807) is 53.1 Å². The molecule has 134 valence electrons. The summed E-state index contributed by atoms with van der Waals surface area (Å²) in [7, 11) is -3.70. The van der Waals surface area contributed by atoms with E-state index in [0.717, 1.165) is 0 Å². The molecule has 1 atom stereocenters. The maximum atomic E-state index is 12.9. The lowest BCUT2D eigenvalue weighted by Crippen LogP contribution is -2.43. The van der Waals surface area contributed by atoms with E-state index < -0.39 is 16.1 Å². The largest absolute Gasteiger partial charge is 0.323 e. The zero-order valence-electron chi connectivity index (χ0n) is 13.8. The smallest absolute Gasteiger partial charge is 0.243 e. The molecule has 1 N–H and O–H groups in total. The van der Waals surface area contributed by atoms with Crippen LogP contribution in [0.4, 0.5) is 5.69 Å². The fraction of sp³-hybridized carbons (Fsp3) is 0.235. The van der Waals surface area contributed by atoms with Gasteiger partial charge in [0.25, 0.3) is 0 Å². The number of rotatable bonds is 4. The van der Waals surface area contributed by atoms with Gasteiger partial charge in [0.15, 0.2) is 5.65 Å². The fourth-order valence-corrected chi connectivity index (χ4v) is 4.82. The molecule has 1 aliphatic rings. The summed E-state index contributed by atoms with van der Waals surface area (Å²) in [6, 6.07) is 10.9. The number of hydrogen-bond acceptors (Lipinski definition) is 5. The molecule has 1 amide bonds. The van der Waals surface area contributed by atoms with Crippen LogP contribution >= 0.6 is 0 Å². The molecule has 26 heavy (non-hydrogen) atoms. The van der Waals surface area contributed by atoms with Gasteiger partial charge in [0.05, 0.1) is 10.6 Å². The van der Waals surface area contributed by atoms with Gasteiger partial charge in [-0.2, -0.15) is 4.31 Å². The Morgan fingerprint density at radius 2 is 1.96 bits per heavy atom. The molecule has 0 radical (unpaired) electrons. The van der Waals surface area contributed by atoms with Crippen LogP contribution in [0.25, 0.3) is 5.65 Å². The summed E-state index contributed by atoms with van der Waals surface area (Å²) in [6.07, 6.45) is 4.37. The number of hydrogen-bond donors (Lipinski definition) is 1. The van der Waals surface area contributed by atoms with Gasteiger partial charge in [-0.3, -0.25) is 9.20 Å². The van der Waals surface area contributed by atoms with Crippen molar-refractivity contribution in [1.82, 2.24) is 18.9 Å². The first kappa shape index (κ1) is 16.7. The highest BCUT2D eigenvalue weighted by atomic mass is 32.2. The third kappa shape index (κ3) is 2.95. The SMILES string of the molecule is O=C(Nc1ccc2nncn2c1)C1CCCN1S(=O)(=O)c1ccccc1. The number of nitrogens with zero attached hydrogens (tertiary/aromatic N) is 4. The van der Waals surface area contributed by atoms with Gasteiger partial charge in [-0.25, -0.2) is 8.42 Å². The van der Waals surface area contributed by atoms with Crippen molar-refractivity contribution < 1.29 is 13.2 Å². The molecule has 9 heteroatoms. The number of aromatic nitrogens is 3. The maximum Gasteiger partial charge on any atom is 0.243 e. The highest BCUT2D eigenvalue weighted by Gasteiger charge is 2.39. The van der Waals surface area contributed by atoms with Crippen LogP contribution in [0.1, 0.15) is 12.8 Å². The second-order valence-electron chi connectivity index (χ2n) is 6.09. The molecule has 0 bridgehead atoms. The number of carbonyl (C=O) groups excluding carboxylic acids is 1. The normalized spacial score (nSPS) is 18.2. The molecule has 0 spiro atoms. The predicted molar refractivity (Wildman–Crippen MR) is 95.0 cm³/mol. The van der Waals surface area contributed by atoms with Crippen LogP contribution in [-0.2, 0) is 14.8 Å². The summed E-state index contributed by atoms with van der Waals surface area (Å²) >= 11 is 0. The van der Waals surface area contributed by atoms with Crippen LogP contribution < -0.4 is 5.32 Å². The third-order valence-electron chi connectivity index (χ3n) is 4.41. The number of nitrogens with one attached hydrogen (secondary N) is 1. The standard InChI is InChI=1S/C17H17N5O3S/c23-17(19-13-8-9-16-20-18-12-21(16)11-13)15-7-4-10-22(15)26(24,25)14-5-2-1-3-6-14/h1-3,5-6,8-9,11-12,15H,4,7,10H2,(H,19,23). The number of amides is 1. The molecule has 1 aromatic carbocycles. The van der Waals surface area contributed by atoms with Crippen molar-refractivity contribution in [2.75, 3.05) is 11.9 Å². The highest BCUT2D eigenvalue weighted by molar-refractivity contribution is 7.89. The molecule has 8 nitrogen and oxygen atoms in total. The van der Waals surface area contributed by atoms with Crippen molar-refractivity contribution >= 4 is 27.3 Å². The zero-order valence-corrected chi connectivity index (χ0v) is 14.6. The number of carbonyl (C=O) groups is 1. The molecule has 1 fully saturated rings. The average Bonchev–Trinajstić information content (AvgIpc) is 3.31. The van der Waals surface area contributed by atoms with E-state index in [0.29, 0.717) is 30.7 Å². The summed E-state index contributed by atoms with van der Waals surface area (Å²) in [5, 5.41) is 10.5. The quantitative estimate of drug-likeness (QED) is 0.750. The van der Waals surface area contributed by atoms with Crippen molar-refractivity contribution in [3.05, 3.63) is 55.0 Å². The van der Waals surface area contributed by atoms with Crippen LogP contribution in [0.15, 0.2) is 59.9 Å². The molecule has 1 unspecified atom stereocenters. The van der Waals surface area contributed by atoms with Crippen LogP contribution in [-0.4, -0.2) is 45.8 Å². The summed E-state index contributed by atoms with van der Waals surface area (Å²) in [5.74, 6) is -0.338. The Hall–Kier alpha value is -2.78. The minimum absolute atomic E-state index is 0.200. The lowest BCUT2D eigenvalue weighted by molar-refractivity contribution is -0.119. The van der Waals surface area contributed by atoms with Crippen molar-refractivity contribution in [3.63, 3.8) is 0 Å². The Balaban J connectivity index is 1.57. The summed E-state index contributed by atoms with van der Waals surface area (Å²) in [6.45, 7) is 0.333. The van der Waals surface area contributed by atoms with E-state index in [2.05, 4.69) is 15.5 Å². The van der Waals surface area contributed by atoms with Crippen LogP contribution in [0.3, 0.4) is 0 Å². The van der Waals surface area contributed by atoms with Gasteiger partial charge in [-0.05, 0) is 37.1 Å². The van der Waals surface area contributed by atoms with E-state index in [-0.39, 0.29) is 10.8 Å². The third-order valence-corrected chi connectivity index (χ3v) is 6.34. The van der Waals surface area contributed by atoms with Gasteiger partial charge in [-0.1, -0.05) is 18.2 Å². The second kappa shape index (κ2) is 6.50. The van der Waals surface area contributed by atoms with E-state index in [9.17, 15) is 13.2 Å². The molecular weight excluding hydrogens is 354 g/mol. The Labute approximate surface area is 150 Å². The molecular formula is C17H17N5O3S. The Morgan fingerprint density at radius 3 is 2.77 bits per heavy atom. The Bertz CT molecular complexity index is 1050. The molecule has 0 aliphatic carbocycles. The lowest BCUT2D eigenvalue weighted by Gasteiger charge is -2.23. The van der Waals surface area contributed by atoms with Gasteiger partial charge < -0.3 is 5.32 Å². The van der Waals surface area contributed by atoms with E-state index >= 15 is 0 Å². The molecule has 3 aromatic rings. The van der Waals surface area contributed by atoms with Gasteiger partial charge in [0, 0.05) is 12.7 Å². The molecule has 1 saturated heterocycles. The number of pyridine rings is 1. The van der Waals surface area contributed by atoms with Crippen molar-refractivity contribution in [3.8, 4) is 0 Å². The zero-order chi connectivity index (χ0) is 18.1. The maximum absolute atomic E-state index is 12.9. The first-order valence-electron chi connectivity index (χ1n) is 8.23. The van der Waals surface area contributed by atoms with E-state index in [1.807, 2.05) is 0 Å². The first-order valence-corrected chi connectivity index (χ1v) is 9.67. The summed E-state index contributed by atoms with van der Waals surface area (Å²) in [5.41, 5.74) is 1.23. The van der Waals surface area contributed by atoms with Gasteiger partial charge in [0.1, 0.15) is 12.4 Å². The highest BCUT2D eigenvalue weighted by Crippen LogP contribution is 2.27. The van der Waals surface area contributed by atoms with Gasteiger partial charge >= 0.3 is 0 Å². The summed E-state index contributed by atoms with van der Waals surface area (Å²) in [4.78, 5) is 12.9. The molecule has 3 heterocycles. The number of fused-ring (bicyclic) bond motifs is 1. The van der Waals surface area contributed by atoms with E-state index in [1.165, 1.54) is 10.6 Å². The minimum Gasteiger partial charge on any atom is -0.323 e. The van der Waals surface area contributed by atoms with Crippen LogP contribution in [0.5, 0.6) is 0 Å². The van der Waals surface area contributed by atoms with Crippen LogP contribution in [0, 0.1) is 0 Å². The van der Waals surface area contributed by atoms with Crippen molar-refractivity contribution in [2.24, 2.45) is 0 Å². The number of benzene rings is 1. The molecule has 2 aromatic heterocycles. The molecule has 4 rings (SSSR count). The van der Waals surface area contributed by atoms with Gasteiger partial charge in [0.2, 0.25) is 15.9 Å². The lowest BCUT2D eigenvalue weighted by atomic mass is 10.2.